The summed E-state index contributed by atoms with van der Waals surface area (Å²) in [6, 6.07) is 10.3. The Morgan fingerprint density at radius 3 is 2.62 bits per heavy atom. The van der Waals surface area contributed by atoms with Gasteiger partial charge in [0, 0.05) is 17.1 Å². The van der Waals surface area contributed by atoms with Crippen LogP contribution in [0.2, 0.25) is 5.02 Å². The van der Waals surface area contributed by atoms with Crippen molar-refractivity contribution in [2.75, 3.05) is 0 Å². The Morgan fingerprint density at radius 2 is 1.94 bits per heavy atom. The van der Waals surface area contributed by atoms with Crippen molar-refractivity contribution in [2.24, 2.45) is 0 Å². The fourth-order valence-electron chi connectivity index (χ4n) is 3.22. The van der Waals surface area contributed by atoms with Gasteiger partial charge in [-0.15, -0.1) is 5.10 Å². The number of halogens is 4. The number of benzene rings is 2. The van der Waals surface area contributed by atoms with E-state index in [0.29, 0.717) is 22.8 Å². The predicted molar refractivity (Wildman–Crippen MR) is 110 cm³/mol. The molecule has 2 aromatic heterocycles. The minimum atomic E-state index is -4.54. The van der Waals surface area contributed by atoms with Crippen LogP contribution in [0.25, 0.3) is 16.6 Å². The van der Waals surface area contributed by atoms with Crippen LogP contribution < -0.4 is 4.74 Å². The Kier molecular flexibility index (Phi) is 5.55. The molecular weight excluding hydrogens is 449 g/mol. The average molecular weight is 465 g/mol. The number of nitrogens with zero attached hydrogens (tertiary/aromatic N) is 4. The maximum Gasteiger partial charge on any atom is 0.417 e. The lowest BCUT2D eigenvalue weighted by Crippen LogP contribution is -2.07. The number of fused-ring (bicyclic) bond motifs is 1. The molecule has 4 rings (SSSR count). The molecule has 11 heteroatoms. The van der Waals surface area contributed by atoms with Gasteiger partial charge in [-0.25, -0.2) is 0 Å². The Morgan fingerprint density at radius 1 is 1.16 bits per heavy atom. The van der Waals surface area contributed by atoms with Crippen LogP contribution in [0.4, 0.5) is 13.2 Å². The van der Waals surface area contributed by atoms with E-state index in [4.69, 9.17) is 21.4 Å². The van der Waals surface area contributed by atoms with Crippen molar-refractivity contribution in [2.45, 2.75) is 26.3 Å². The number of aliphatic carboxylic acids is 1. The highest BCUT2D eigenvalue weighted by molar-refractivity contribution is 6.31. The third kappa shape index (κ3) is 4.40. The number of hydrogen-bond acceptors (Lipinski definition) is 4. The van der Waals surface area contributed by atoms with Crippen LogP contribution in [0.1, 0.15) is 17.0 Å². The summed E-state index contributed by atoms with van der Waals surface area (Å²) in [5, 5.41) is 17.9. The molecule has 4 aromatic rings. The molecule has 0 radical (unpaired) electrons. The van der Waals surface area contributed by atoms with Gasteiger partial charge in [0.05, 0.1) is 22.0 Å². The summed E-state index contributed by atoms with van der Waals surface area (Å²) < 4.78 is 46.1. The molecule has 0 aliphatic carbocycles. The standard InChI is InChI=1S/C21H16ClF3N4O3/c1-12-18(27-29(26-12)14-2-4-16(17(22)9-14)21(23,24)25)11-32-15-3-5-19-13(8-15)6-7-28(19)10-20(30)31/h2-9H,10-11H2,1H3,(H,30,31). The lowest BCUT2D eigenvalue weighted by Gasteiger charge is -2.09. The second kappa shape index (κ2) is 8.19. The first kappa shape index (κ1) is 21.7. The third-order valence-corrected chi connectivity index (χ3v) is 5.10. The fraction of sp³-hybridized carbons (Fsp3) is 0.190. The number of alkyl halides is 3. The van der Waals surface area contributed by atoms with E-state index in [2.05, 4.69) is 10.2 Å². The van der Waals surface area contributed by atoms with Crippen molar-refractivity contribution in [1.82, 2.24) is 19.6 Å². The number of ether oxygens (including phenoxy) is 1. The summed E-state index contributed by atoms with van der Waals surface area (Å²) in [5.74, 6) is -0.382. The first-order valence-electron chi connectivity index (χ1n) is 9.35. The lowest BCUT2D eigenvalue weighted by molar-refractivity contribution is -0.138. The first-order chi connectivity index (χ1) is 15.1. The maximum atomic E-state index is 12.9. The molecule has 1 N–H and O–H groups in total. The smallest absolute Gasteiger partial charge is 0.417 e. The minimum Gasteiger partial charge on any atom is -0.487 e. The van der Waals surface area contributed by atoms with Crippen LogP contribution in [-0.4, -0.2) is 30.6 Å². The topological polar surface area (TPSA) is 82.2 Å². The highest BCUT2D eigenvalue weighted by atomic mass is 35.5. The molecule has 0 aliphatic rings. The van der Waals surface area contributed by atoms with Crippen LogP contribution in [-0.2, 0) is 24.1 Å². The van der Waals surface area contributed by atoms with E-state index in [1.807, 2.05) is 0 Å². The normalized spacial score (nSPS) is 11.8. The largest absolute Gasteiger partial charge is 0.487 e. The van der Waals surface area contributed by atoms with Gasteiger partial charge in [0.1, 0.15) is 24.6 Å². The summed E-state index contributed by atoms with van der Waals surface area (Å²) in [6.45, 7) is 1.66. The molecule has 32 heavy (non-hydrogen) atoms. The average Bonchev–Trinajstić information content (AvgIpc) is 3.28. The maximum absolute atomic E-state index is 12.9. The quantitative estimate of drug-likeness (QED) is 0.440. The summed E-state index contributed by atoms with van der Waals surface area (Å²) in [5.41, 5.74) is 1.18. The SMILES string of the molecule is Cc1nn(-c2ccc(C(F)(F)F)c(Cl)c2)nc1COc1ccc2c(ccn2CC(=O)O)c1. The van der Waals surface area contributed by atoms with Crippen molar-refractivity contribution in [1.29, 1.82) is 0 Å². The number of aryl methyl sites for hydroxylation is 1. The molecule has 2 heterocycles. The van der Waals surface area contributed by atoms with E-state index < -0.39 is 22.7 Å². The highest BCUT2D eigenvalue weighted by Crippen LogP contribution is 2.35. The molecule has 0 saturated carbocycles. The fourth-order valence-corrected chi connectivity index (χ4v) is 3.50. The zero-order valence-corrected chi connectivity index (χ0v) is 17.4. The second-order valence-electron chi connectivity index (χ2n) is 7.03. The summed E-state index contributed by atoms with van der Waals surface area (Å²) in [7, 11) is 0. The van der Waals surface area contributed by atoms with Gasteiger partial charge in [-0.2, -0.15) is 23.1 Å². The van der Waals surface area contributed by atoms with Crippen molar-refractivity contribution in [3.8, 4) is 11.4 Å². The van der Waals surface area contributed by atoms with Gasteiger partial charge in [-0.1, -0.05) is 11.6 Å². The van der Waals surface area contributed by atoms with Crippen LogP contribution >= 0.6 is 11.6 Å². The molecule has 0 bridgehead atoms. The van der Waals surface area contributed by atoms with Crippen molar-refractivity contribution in [3.63, 3.8) is 0 Å². The van der Waals surface area contributed by atoms with Crippen molar-refractivity contribution >= 4 is 28.5 Å². The molecule has 7 nitrogen and oxygen atoms in total. The first-order valence-corrected chi connectivity index (χ1v) is 9.73. The number of carbonyl (C=O) groups is 1. The lowest BCUT2D eigenvalue weighted by atomic mass is 10.2. The van der Waals surface area contributed by atoms with E-state index >= 15 is 0 Å². The van der Waals surface area contributed by atoms with Crippen molar-refractivity contribution < 1.29 is 27.8 Å². The molecule has 0 aliphatic heterocycles. The summed E-state index contributed by atoms with van der Waals surface area (Å²) in [4.78, 5) is 12.1. The van der Waals surface area contributed by atoms with Gasteiger partial charge in [0.15, 0.2) is 0 Å². The zero-order chi connectivity index (χ0) is 23.0. The molecule has 0 fully saturated rings. The number of carboxylic acids is 1. The summed E-state index contributed by atoms with van der Waals surface area (Å²) >= 11 is 5.78. The number of aromatic nitrogens is 4. The second-order valence-corrected chi connectivity index (χ2v) is 7.44. The zero-order valence-electron chi connectivity index (χ0n) is 16.6. The molecule has 0 spiro atoms. The van der Waals surface area contributed by atoms with E-state index in [1.165, 1.54) is 10.9 Å². The minimum absolute atomic E-state index is 0.0849. The predicted octanol–water partition coefficient (Wildman–Crippen LogP) is 4.87. The molecule has 0 atom stereocenters. The van der Waals surface area contributed by atoms with E-state index in [-0.39, 0.29) is 13.2 Å². The molecule has 166 valence electrons. The number of hydrogen-bond donors (Lipinski definition) is 1. The van der Waals surface area contributed by atoms with E-state index in [1.54, 1.807) is 42.0 Å². The molecule has 0 saturated heterocycles. The van der Waals surface area contributed by atoms with Gasteiger partial charge < -0.3 is 14.4 Å². The van der Waals surface area contributed by atoms with Gasteiger partial charge in [0.2, 0.25) is 0 Å². The molecular formula is C21H16ClF3N4O3. The number of rotatable bonds is 6. The summed E-state index contributed by atoms with van der Waals surface area (Å²) in [6.07, 6.45) is -2.86. The molecule has 0 unspecified atom stereocenters. The Labute approximate surface area is 184 Å². The Bertz CT molecular complexity index is 1310. The van der Waals surface area contributed by atoms with Gasteiger partial charge >= 0.3 is 12.1 Å². The molecule has 2 aromatic carbocycles. The monoisotopic (exact) mass is 464 g/mol. The Hall–Kier alpha value is -3.53. The van der Waals surface area contributed by atoms with Gasteiger partial charge in [-0.3, -0.25) is 4.79 Å². The van der Waals surface area contributed by atoms with Gasteiger partial charge in [0.25, 0.3) is 0 Å². The van der Waals surface area contributed by atoms with Gasteiger partial charge in [-0.05, 0) is 49.4 Å². The number of carboxylic acid groups (broad SMARTS) is 1. The third-order valence-electron chi connectivity index (χ3n) is 4.79. The van der Waals surface area contributed by atoms with Crippen LogP contribution in [0.15, 0.2) is 48.7 Å². The van der Waals surface area contributed by atoms with Crippen LogP contribution in [0, 0.1) is 6.92 Å². The Balaban J connectivity index is 1.51. The van der Waals surface area contributed by atoms with Crippen LogP contribution in [0.3, 0.4) is 0 Å². The van der Waals surface area contributed by atoms with E-state index in [0.717, 1.165) is 23.0 Å². The van der Waals surface area contributed by atoms with Crippen molar-refractivity contribution in [3.05, 3.63) is 70.6 Å². The van der Waals surface area contributed by atoms with E-state index in [9.17, 15) is 18.0 Å². The van der Waals surface area contributed by atoms with Crippen LogP contribution in [0.5, 0.6) is 5.75 Å². The molecule has 0 amide bonds. The highest BCUT2D eigenvalue weighted by Gasteiger charge is 2.33.